The summed E-state index contributed by atoms with van der Waals surface area (Å²) in [6.45, 7) is 1.25. The molecule has 0 aliphatic carbocycles. The molecule has 0 unspecified atom stereocenters. The summed E-state index contributed by atoms with van der Waals surface area (Å²) in [5.41, 5.74) is -1.52. The van der Waals surface area contributed by atoms with Crippen LogP contribution in [0.2, 0.25) is 0 Å². The van der Waals surface area contributed by atoms with Gasteiger partial charge in [-0.2, -0.15) is 4.39 Å². The minimum atomic E-state index is -1.10. The highest BCUT2D eigenvalue weighted by atomic mass is 19.1. The lowest BCUT2D eigenvalue weighted by molar-refractivity contribution is -0.388. The lowest BCUT2D eigenvalue weighted by Gasteiger charge is -2.15. The second-order valence-corrected chi connectivity index (χ2v) is 4.39. The highest BCUT2D eigenvalue weighted by Gasteiger charge is 2.25. The molecule has 2 aromatic rings. The molecule has 116 valence electrons. The molecule has 0 aromatic heterocycles. The molecule has 2 rings (SSSR count). The van der Waals surface area contributed by atoms with Gasteiger partial charge in [-0.1, -0.05) is 6.07 Å². The number of rotatable bonds is 4. The molecule has 0 fully saturated rings. The summed E-state index contributed by atoms with van der Waals surface area (Å²) in [7, 11) is 1.21. The van der Waals surface area contributed by atoms with Gasteiger partial charge in [0.15, 0.2) is 0 Å². The maximum absolute atomic E-state index is 13.7. The molecule has 1 N–H and O–H groups in total. The first-order valence-corrected chi connectivity index (χ1v) is 6.09. The molecule has 0 radical (unpaired) electrons. The third-order valence-corrected chi connectivity index (χ3v) is 3.08. The van der Waals surface area contributed by atoms with E-state index in [0.717, 1.165) is 18.2 Å². The van der Waals surface area contributed by atoms with E-state index < -0.39 is 33.7 Å². The molecule has 0 aliphatic rings. The van der Waals surface area contributed by atoms with Crippen molar-refractivity contribution in [2.75, 3.05) is 12.4 Å². The minimum absolute atomic E-state index is 0.0837. The number of para-hydroxylation sites is 1. The van der Waals surface area contributed by atoms with E-state index in [9.17, 15) is 23.3 Å². The zero-order valence-corrected chi connectivity index (χ0v) is 11.6. The van der Waals surface area contributed by atoms with E-state index in [-0.39, 0.29) is 17.0 Å². The fraction of sp³-hybridized carbons (Fsp3) is 0.143. The third kappa shape index (κ3) is 2.67. The molecule has 0 bridgehead atoms. The number of halogens is 3. The maximum Gasteiger partial charge on any atom is 0.310 e. The summed E-state index contributed by atoms with van der Waals surface area (Å²) < 4.78 is 46.0. The normalized spacial score (nSPS) is 10.4. The fourth-order valence-electron chi connectivity index (χ4n) is 2.02. The summed E-state index contributed by atoms with van der Waals surface area (Å²) in [5.74, 6) is -3.00. The van der Waals surface area contributed by atoms with E-state index in [1.54, 1.807) is 0 Å². The fourth-order valence-corrected chi connectivity index (χ4v) is 2.02. The second-order valence-electron chi connectivity index (χ2n) is 4.39. The molecule has 0 saturated heterocycles. The third-order valence-electron chi connectivity index (χ3n) is 3.08. The average Bonchev–Trinajstić information content (AvgIpc) is 2.44. The summed E-state index contributed by atoms with van der Waals surface area (Å²) in [4.78, 5) is 10.0. The van der Waals surface area contributed by atoms with Gasteiger partial charge >= 0.3 is 5.69 Å². The first-order chi connectivity index (χ1) is 10.4. The van der Waals surface area contributed by atoms with Crippen LogP contribution in [-0.2, 0) is 0 Å². The van der Waals surface area contributed by atoms with Crippen LogP contribution >= 0.6 is 0 Å². The van der Waals surface area contributed by atoms with Crippen molar-refractivity contribution in [3.63, 3.8) is 0 Å². The standard InChI is InChI=1S/C14H11F3N2O3/c1-7-12(18-13-8(15)4-3-5-9(13)16)11(22-2)6-10(17)14(7)19(20)21/h3-6,18H,1-2H3. The molecule has 0 spiro atoms. The Kier molecular flexibility index (Phi) is 4.20. The topological polar surface area (TPSA) is 64.4 Å². The lowest BCUT2D eigenvalue weighted by Crippen LogP contribution is -2.05. The Balaban J connectivity index is 2.64. The minimum Gasteiger partial charge on any atom is -0.494 e. The summed E-state index contributed by atoms with van der Waals surface area (Å²) in [6, 6.07) is 4.00. The van der Waals surface area contributed by atoms with Crippen LogP contribution in [0.3, 0.4) is 0 Å². The molecule has 0 aliphatic heterocycles. The largest absolute Gasteiger partial charge is 0.494 e. The molecule has 2 aromatic carbocycles. The predicted octanol–water partition coefficient (Wildman–Crippen LogP) is 4.07. The van der Waals surface area contributed by atoms with Crippen LogP contribution in [0.4, 0.5) is 30.2 Å². The van der Waals surface area contributed by atoms with Gasteiger partial charge in [-0.3, -0.25) is 10.1 Å². The molecule has 0 amide bonds. The zero-order chi connectivity index (χ0) is 16.4. The van der Waals surface area contributed by atoms with Crippen molar-refractivity contribution in [3.05, 3.63) is 57.4 Å². The van der Waals surface area contributed by atoms with Crippen molar-refractivity contribution in [1.82, 2.24) is 0 Å². The Morgan fingerprint density at radius 1 is 1.14 bits per heavy atom. The van der Waals surface area contributed by atoms with Gasteiger partial charge in [-0.25, -0.2) is 8.78 Å². The van der Waals surface area contributed by atoms with Crippen molar-refractivity contribution < 1.29 is 22.8 Å². The number of nitro benzene ring substituents is 1. The molecule has 5 nitrogen and oxygen atoms in total. The number of nitrogens with one attached hydrogen (secondary N) is 1. The highest BCUT2D eigenvalue weighted by Crippen LogP contribution is 2.39. The number of methoxy groups -OCH3 is 1. The van der Waals surface area contributed by atoms with Crippen LogP contribution in [0.1, 0.15) is 5.56 Å². The number of anilines is 2. The zero-order valence-electron chi connectivity index (χ0n) is 11.6. The quantitative estimate of drug-likeness (QED) is 0.682. The van der Waals surface area contributed by atoms with Gasteiger partial charge in [0.25, 0.3) is 0 Å². The van der Waals surface area contributed by atoms with Gasteiger partial charge in [0.1, 0.15) is 23.1 Å². The molecule has 8 heteroatoms. The summed E-state index contributed by atoms with van der Waals surface area (Å²) in [5, 5.41) is 13.3. The summed E-state index contributed by atoms with van der Waals surface area (Å²) in [6.07, 6.45) is 0. The van der Waals surface area contributed by atoms with Crippen molar-refractivity contribution in [2.45, 2.75) is 6.92 Å². The number of benzene rings is 2. The number of hydrogen-bond acceptors (Lipinski definition) is 4. The number of hydrogen-bond donors (Lipinski definition) is 1. The van der Waals surface area contributed by atoms with Crippen molar-refractivity contribution >= 4 is 17.1 Å². The predicted molar refractivity (Wildman–Crippen MR) is 74.0 cm³/mol. The maximum atomic E-state index is 13.7. The Hall–Kier alpha value is -2.77. The Morgan fingerprint density at radius 3 is 2.23 bits per heavy atom. The lowest BCUT2D eigenvalue weighted by atomic mass is 10.1. The van der Waals surface area contributed by atoms with Gasteiger partial charge in [-0.15, -0.1) is 0 Å². The smallest absolute Gasteiger partial charge is 0.310 e. The van der Waals surface area contributed by atoms with Gasteiger partial charge < -0.3 is 10.1 Å². The van der Waals surface area contributed by atoms with Crippen LogP contribution in [0.5, 0.6) is 5.75 Å². The van der Waals surface area contributed by atoms with Crippen LogP contribution in [0.15, 0.2) is 24.3 Å². The van der Waals surface area contributed by atoms with E-state index >= 15 is 0 Å². The highest BCUT2D eigenvalue weighted by molar-refractivity contribution is 5.74. The Bertz CT molecular complexity index is 730. The van der Waals surface area contributed by atoms with Crippen molar-refractivity contribution in [2.24, 2.45) is 0 Å². The van der Waals surface area contributed by atoms with E-state index in [2.05, 4.69) is 5.32 Å². The first-order valence-electron chi connectivity index (χ1n) is 6.09. The van der Waals surface area contributed by atoms with E-state index in [0.29, 0.717) is 0 Å². The molecule has 0 saturated carbocycles. The molecule has 0 atom stereocenters. The molecular weight excluding hydrogens is 301 g/mol. The van der Waals surface area contributed by atoms with Crippen LogP contribution in [-0.4, -0.2) is 12.0 Å². The molecule has 22 heavy (non-hydrogen) atoms. The Morgan fingerprint density at radius 2 is 1.73 bits per heavy atom. The van der Waals surface area contributed by atoms with Crippen LogP contribution < -0.4 is 10.1 Å². The second kappa shape index (κ2) is 5.92. The van der Waals surface area contributed by atoms with Gasteiger partial charge in [-0.05, 0) is 19.1 Å². The van der Waals surface area contributed by atoms with Crippen LogP contribution in [0, 0.1) is 34.5 Å². The van der Waals surface area contributed by atoms with Gasteiger partial charge in [0.2, 0.25) is 5.82 Å². The summed E-state index contributed by atoms with van der Waals surface area (Å²) >= 11 is 0. The monoisotopic (exact) mass is 312 g/mol. The van der Waals surface area contributed by atoms with E-state index in [1.165, 1.54) is 20.1 Å². The Labute approximate surface area is 123 Å². The van der Waals surface area contributed by atoms with Gasteiger partial charge in [0, 0.05) is 6.07 Å². The van der Waals surface area contributed by atoms with Crippen molar-refractivity contribution in [3.8, 4) is 5.75 Å². The number of nitro groups is 1. The van der Waals surface area contributed by atoms with E-state index in [4.69, 9.17) is 4.74 Å². The average molecular weight is 312 g/mol. The molecule has 0 heterocycles. The van der Waals surface area contributed by atoms with E-state index in [1.807, 2.05) is 0 Å². The number of nitrogens with zero attached hydrogens (tertiary/aromatic N) is 1. The molecular formula is C14H11F3N2O3. The van der Waals surface area contributed by atoms with Gasteiger partial charge in [0.05, 0.1) is 23.3 Å². The first kappa shape index (κ1) is 15.6. The number of ether oxygens (including phenoxy) is 1. The van der Waals surface area contributed by atoms with Crippen LogP contribution in [0.25, 0.3) is 0 Å². The SMILES string of the molecule is COc1cc(F)c([N+](=O)[O-])c(C)c1Nc1c(F)cccc1F. The van der Waals surface area contributed by atoms with Crippen molar-refractivity contribution in [1.29, 1.82) is 0 Å².